The minimum Gasteiger partial charge on any atom is -0.498 e. The van der Waals surface area contributed by atoms with Crippen molar-refractivity contribution < 1.29 is 33.5 Å². The Balaban J connectivity index is 1.37. The number of nitro groups is 1. The zero-order chi connectivity index (χ0) is 24.9. The van der Waals surface area contributed by atoms with E-state index in [1.54, 1.807) is 24.3 Å². The maximum atomic E-state index is 12.9. The highest BCUT2D eigenvalue weighted by molar-refractivity contribution is 8.00. The molecule has 0 aliphatic carbocycles. The summed E-state index contributed by atoms with van der Waals surface area (Å²) in [5, 5.41) is 12.9. The number of methoxy groups -OCH3 is 1. The standard InChI is InChI=1S/C23H21N3O8S/c1-32-17-13-35-22-19(24-18(27)12-33-16-5-3-2-4-6-16)21(28)25(22)20(17)23(29)34-11-14-7-9-15(10-8-14)26(30)31/h2-10,19,22H,11-13H2,1H3,(H,24,27)/t19-,22+/m1/s1. The van der Waals surface area contributed by atoms with E-state index in [4.69, 9.17) is 14.2 Å². The van der Waals surface area contributed by atoms with E-state index in [1.807, 2.05) is 6.07 Å². The molecule has 2 aliphatic rings. The highest BCUT2D eigenvalue weighted by Crippen LogP contribution is 2.40. The topological polar surface area (TPSA) is 137 Å². The molecule has 12 heteroatoms. The Kier molecular flexibility index (Phi) is 7.20. The lowest BCUT2D eigenvalue weighted by molar-refractivity contribution is -0.384. The maximum Gasteiger partial charge on any atom is 0.358 e. The molecule has 2 aromatic carbocycles. The zero-order valence-corrected chi connectivity index (χ0v) is 19.4. The smallest absolute Gasteiger partial charge is 0.358 e. The Labute approximate surface area is 204 Å². The molecule has 2 heterocycles. The second-order valence-corrected chi connectivity index (χ2v) is 8.64. The number of non-ortho nitro benzene ring substituents is 1. The third-order valence-electron chi connectivity index (χ3n) is 5.32. The van der Waals surface area contributed by atoms with E-state index in [0.717, 1.165) is 0 Å². The van der Waals surface area contributed by atoms with E-state index in [9.17, 15) is 24.5 Å². The quantitative estimate of drug-likeness (QED) is 0.238. The van der Waals surface area contributed by atoms with Gasteiger partial charge in [-0.3, -0.25) is 24.6 Å². The van der Waals surface area contributed by atoms with Crippen molar-refractivity contribution in [3.05, 3.63) is 81.7 Å². The number of nitro benzene ring substituents is 1. The molecule has 0 unspecified atom stereocenters. The first-order valence-electron chi connectivity index (χ1n) is 10.5. The van der Waals surface area contributed by atoms with Crippen LogP contribution in [0, 0.1) is 10.1 Å². The van der Waals surface area contributed by atoms with Gasteiger partial charge in [0.1, 0.15) is 29.5 Å². The van der Waals surface area contributed by atoms with Crippen LogP contribution >= 0.6 is 11.8 Å². The SMILES string of the molecule is COC1=C(C(=O)OCc2ccc([N+](=O)[O-])cc2)N2C(=O)[C@@H](NC(=O)COc3ccccc3)[C@@H]2SC1. The molecule has 2 atom stereocenters. The van der Waals surface area contributed by atoms with Crippen LogP contribution in [0.3, 0.4) is 0 Å². The van der Waals surface area contributed by atoms with E-state index in [1.165, 1.54) is 48.0 Å². The van der Waals surface area contributed by atoms with Crippen LogP contribution in [0.5, 0.6) is 5.75 Å². The highest BCUT2D eigenvalue weighted by Gasteiger charge is 2.55. The van der Waals surface area contributed by atoms with Gasteiger partial charge in [-0.15, -0.1) is 11.8 Å². The number of β-lactam (4-membered cyclic amide) rings is 1. The van der Waals surface area contributed by atoms with Gasteiger partial charge in [-0.1, -0.05) is 18.2 Å². The van der Waals surface area contributed by atoms with Gasteiger partial charge in [0, 0.05) is 12.1 Å². The summed E-state index contributed by atoms with van der Waals surface area (Å²) >= 11 is 1.35. The predicted octanol–water partition coefficient (Wildman–Crippen LogP) is 1.97. The fraction of sp³-hybridized carbons (Fsp3) is 0.261. The average Bonchev–Trinajstić information content (AvgIpc) is 2.88. The largest absolute Gasteiger partial charge is 0.498 e. The molecule has 0 radical (unpaired) electrons. The Morgan fingerprint density at radius 3 is 2.54 bits per heavy atom. The molecule has 35 heavy (non-hydrogen) atoms. The van der Waals surface area contributed by atoms with Crippen molar-refractivity contribution >= 4 is 35.2 Å². The molecular weight excluding hydrogens is 478 g/mol. The molecule has 182 valence electrons. The Morgan fingerprint density at radius 2 is 1.89 bits per heavy atom. The molecule has 2 amide bonds. The fourth-order valence-electron chi connectivity index (χ4n) is 3.55. The number of nitrogens with zero attached hydrogens (tertiary/aromatic N) is 2. The van der Waals surface area contributed by atoms with Gasteiger partial charge in [-0.2, -0.15) is 0 Å². The number of thioether (sulfide) groups is 1. The summed E-state index contributed by atoms with van der Waals surface area (Å²) in [4.78, 5) is 49.5. The van der Waals surface area contributed by atoms with Crippen LogP contribution in [0.2, 0.25) is 0 Å². The van der Waals surface area contributed by atoms with Gasteiger partial charge in [0.15, 0.2) is 12.3 Å². The Hall–Kier alpha value is -4.06. The van der Waals surface area contributed by atoms with Gasteiger partial charge < -0.3 is 19.5 Å². The van der Waals surface area contributed by atoms with Crippen molar-refractivity contribution in [2.24, 2.45) is 0 Å². The number of para-hydroxylation sites is 1. The number of nitrogens with one attached hydrogen (secondary N) is 1. The number of rotatable bonds is 9. The highest BCUT2D eigenvalue weighted by atomic mass is 32.2. The number of fused-ring (bicyclic) bond motifs is 1. The van der Waals surface area contributed by atoms with Crippen LogP contribution in [0.15, 0.2) is 66.1 Å². The van der Waals surface area contributed by atoms with E-state index >= 15 is 0 Å². The van der Waals surface area contributed by atoms with Gasteiger partial charge in [0.05, 0.1) is 17.8 Å². The van der Waals surface area contributed by atoms with Crippen molar-refractivity contribution in [3.63, 3.8) is 0 Å². The minimum atomic E-state index is -0.817. The average molecular weight is 500 g/mol. The van der Waals surface area contributed by atoms with Crippen molar-refractivity contribution in [1.29, 1.82) is 0 Å². The van der Waals surface area contributed by atoms with Crippen molar-refractivity contribution in [3.8, 4) is 5.75 Å². The Morgan fingerprint density at radius 1 is 1.17 bits per heavy atom. The first-order chi connectivity index (χ1) is 16.9. The lowest BCUT2D eigenvalue weighted by Crippen LogP contribution is -2.71. The van der Waals surface area contributed by atoms with Crippen molar-refractivity contribution in [2.45, 2.75) is 18.0 Å². The van der Waals surface area contributed by atoms with Crippen LogP contribution in [-0.4, -0.2) is 58.5 Å². The van der Waals surface area contributed by atoms with Gasteiger partial charge in [0.25, 0.3) is 17.5 Å². The zero-order valence-electron chi connectivity index (χ0n) is 18.5. The number of carbonyl (C=O) groups excluding carboxylic acids is 3. The molecule has 0 aromatic heterocycles. The lowest BCUT2D eigenvalue weighted by atomic mass is 10.0. The third-order valence-corrected chi connectivity index (χ3v) is 6.57. The summed E-state index contributed by atoms with van der Waals surface area (Å²) in [5.74, 6) is -0.577. The molecular formula is C23H21N3O8S. The fourth-order valence-corrected chi connectivity index (χ4v) is 4.86. The van der Waals surface area contributed by atoms with E-state index in [2.05, 4.69) is 5.32 Å². The third kappa shape index (κ3) is 5.22. The number of carbonyl (C=O) groups is 3. The van der Waals surface area contributed by atoms with Crippen molar-refractivity contribution in [2.75, 3.05) is 19.5 Å². The summed E-state index contributed by atoms with van der Waals surface area (Å²) in [6.07, 6.45) is 0. The van der Waals surface area contributed by atoms with Crippen LogP contribution in [0.4, 0.5) is 5.69 Å². The summed E-state index contributed by atoms with van der Waals surface area (Å²) in [6, 6.07) is 13.6. The minimum absolute atomic E-state index is 0.0193. The monoisotopic (exact) mass is 499 g/mol. The van der Waals surface area contributed by atoms with E-state index < -0.39 is 34.1 Å². The normalized spacial score (nSPS) is 18.8. The number of esters is 1. The molecule has 1 N–H and O–H groups in total. The van der Waals surface area contributed by atoms with Gasteiger partial charge in [0.2, 0.25) is 0 Å². The Bertz CT molecular complexity index is 1170. The predicted molar refractivity (Wildman–Crippen MR) is 124 cm³/mol. The van der Waals surface area contributed by atoms with Crippen LogP contribution < -0.4 is 10.1 Å². The van der Waals surface area contributed by atoms with E-state index in [-0.39, 0.29) is 30.4 Å². The summed E-state index contributed by atoms with van der Waals surface area (Å²) in [5.41, 5.74) is 0.447. The summed E-state index contributed by atoms with van der Waals surface area (Å²) < 4.78 is 16.1. The van der Waals surface area contributed by atoms with E-state index in [0.29, 0.717) is 17.1 Å². The number of benzene rings is 2. The molecule has 0 saturated carbocycles. The molecule has 1 fully saturated rings. The number of amides is 2. The number of hydrogen-bond acceptors (Lipinski definition) is 9. The number of ether oxygens (including phenoxy) is 3. The molecule has 1 saturated heterocycles. The molecule has 0 bridgehead atoms. The molecule has 11 nitrogen and oxygen atoms in total. The van der Waals surface area contributed by atoms with Crippen LogP contribution in [0.25, 0.3) is 0 Å². The summed E-state index contributed by atoms with van der Waals surface area (Å²) in [6.45, 7) is -0.400. The van der Waals surface area contributed by atoms with Gasteiger partial charge >= 0.3 is 5.97 Å². The second-order valence-electron chi connectivity index (χ2n) is 7.53. The molecule has 2 aliphatic heterocycles. The summed E-state index contributed by atoms with van der Waals surface area (Å²) in [7, 11) is 1.39. The molecule has 2 aromatic rings. The maximum absolute atomic E-state index is 12.9. The number of hydrogen-bond donors (Lipinski definition) is 1. The lowest BCUT2D eigenvalue weighted by Gasteiger charge is -2.49. The molecule has 4 rings (SSSR count). The van der Waals surface area contributed by atoms with Crippen molar-refractivity contribution in [1.82, 2.24) is 10.2 Å². The first-order valence-corrected chi connectivity index (χ1v) is 11.5. The first kappa shape index (κ1) is 24.1. The van der Waals surface area contributed by atoms with Crippen LogP contribution in [-0.2, 0) is 30.5 Å². The van der Waals surface area contributed by atoms with Gasteiger partial charge in [-0.05, 0) is 29.8 Å². The second kappa shape index (κ2) is 10.5. The van der Waals surface area contributed by atoms with Gasteiger partial charge in [-0.25, -0.2) is 4.79 Å². The van der Waals surface area contributed by atoms with Crippen LogP contribution in [0.1, 0.15) is 5.56 Å². The molecule has 0 spiro atoms.